The van der Waals surface area contributed by atoms with Crippen LogP contribution in [0.15, 0.2) is 24.3 Å². The summed E-state index contributed by atoms with van der Waals surface area (Å²) in [5.74, 6) is 2.41. The molecule has 1 atom stereocenters. The first kappa shape index (κ1) is 12.9. The van der Waals surface area contributed by atoms with E-state index in [1.807, 2.05) is 0 Å². The van der Waals surface area contributed by atoms with Crippen molar-refractivity contribution in [1.82, 2.24) is 5.32 Å². The molecule has 0 spiro atoms. The maximum absolute atomic E-state index is 3.83. The molecule has 0 bridgehead atoms. The summed E-state index contributed by atoms with van der Waals surface area (Å²) >= 11 is 4.12. The summed E-state index contributed by atoms with van der Waals surface area (Å²) in [6.07, 6.45) is 6.47. The summed E-state index contributed by atoms with van der Waals surface area (Å²) < 4.78 is 0.539. The zero-order chi connectivity index (χ0) is 12.4. The van der Waals surface area contributed by atoms with Gasteiger partial charge in [-0.15, -0.1) is 0 Å². The first-order chi connectivity index (χ1) is 8.83. The summed E-state index contributed by atoms with van der Waals surface area (Å²) in [6.45, 7) is 1.17. The number of hydrogen-bond donors (Lipinski definition) is 1. The molecule has 1 fully saturated rings. The average molecular weight is 279 g/mol. The van der Waals surface area contributed by atoms with Gasteiger partial charge in [-0.2, -0.15) is 23.5 Å². The van der Waals surface area contributed by atoms with Crippen LogP contribution in [0.25, 0.3) is 0 Å². The number of nitrogens with one attached hydrogen (secondary N) is 1. The maximum Gasteiger partial charge on any atom is 0.0415 e. The van der Waals surface area contributed by atoms with Crippen molar-refractivity contribution in [2.45, 2.75) is 35.8 Å². The molecular weight excluding hydrogens is 258 g/mol. The lowest BCUT2D eigenvalue weighted by molar-refractivity contribution is 0.335. The fourth-order valence-electron chi connectivity index (χ4n) is 2.88. The molecule has 0 aromatic heterocycles. The maximum atomic E-state index is 3.83. The Bertz CT molecular complexity index is 409. The van der Waals surface area contributed by atoms with Crippen molar-refractivity contribution in [1.29, 1.82) is 0 Å². The topological polar surface area (TPSA) is 12.0 Å². The molecule has 3 heteroatoms. The predicted octanol–water partition coefficient (Wildman–Crippen LogP) is 3.85. The molecule has 0 radical (unpaired) electrons. The van der Waals surface area contributed by atoms with Crippen LogP contribution in [-0.4, -0.2) is 23.3 Å². The third-order valence-corrected chi connectivity index (χ3v) is 6.84. The van der Waals surface area contributed by atoms with E-state index in [-0.39, 0.29) is 0 Å². The second-order valence-corrected chi connectivity index (χ2v) is 7.69. The Labute approximate surface area is 119 Å². The van der Waals surface area contributed by atoms with Gasteiger partial charge >= 0.3 is 0 Å². The Hall–Kier alpha value is -0.120. The van der Waals surface area contributed by atoms with E-state index in [0.29, 0.717) is 10.8 Å². The van der Waals surface area contributed by atoms with Crippen LogP contribution in [0.2, 0.25) is 0 Å². The molecule has 2 aliphatic rings. The quantitative estimate of drug-likeness (QED) is 0.899. The van der Waals surface area contributed by atoms with Crippen molar-refractivity contribution in [2.75, 3.05) is 18.6 Å². The Kier molecular flexibility index (Phi) is 3.92. The highest BCUT2D eigenvalue weighted by Crippen LogP contribution is 2.43. The van der Waals surface area contributed by atoms with E-state index in [4.69, 9.17) is 0 Å². The number of fused-ring (bicyclic) bond motifs is 1. The van der Waals surface area contributed by atoms with Gasteiger partial charge in [-0.25, -0.2) is 0 Å². The molecule has 1 heterocycles. The zero-order valence-corrected chi connectivity index (χ0v) is 12.6. The van der Waals surface area contributed by atoms with Crippen molar-refractivity contribution in [3.05, 3.63) is 35.4 Å². The van der Waals surface area contributed by atoms with Crippen molar-refractivity contribution in [3.63, 3.8) is 0 Å². The second-order valence-electron chi connectivity index (χ2n) is 5.39. The average Bonchev–Trinajstić information content (AvgIpc) is 2.38. The van der Waals surface area contributed by atoms with E-state index in [0.717, 1.165) is 0 Å². The lowest BCUT2D eigenvalue weighted by Gasteiger charge is -2.42. The van der Waals surface area contributed by atoms with Crippen LogP contribution in [0.4, 0.5) is 0 Å². The Morgan fingerprint density at radius 1 is 1.39 bits per heavy atom. The number of benzene rings is 1. The van der Waals surface area contributed by atoms with Gasteiger partial charge in [0, 0.05) is 28.8 Å². The molecule has 0 amide bonds. The Balaban J connectivity index is 1.67. The normalized spacial score (nSPS) is 25.3. The molecule has 3 rings (SSSR count). The summed E-state index contributed by atoms with van der Waals surface area (Å²) in [4.78, 5) is 0. The van der Waals surface area contributed by atoms with Crippen LogP contribution in [0, 0.1) is 0 Å². The summed E-state index contributed by atoms with van der Waals surface area (Å²) in [7, 11) is 0. The zero-order valence-electron chi connectivity index (χ0n) is 10.9. The third-order valence-electron chi connectivity index (χ3n) is 4.34. The van der Waals surface area contributed by atoms with E-state index in [9.17, 15) is 0 Å². The van der Waals surface area contributed by atoms with Crippen molar-refractivity contribution in [3.8, 4) is 0 Å². The van der Waals surface area contributed by atoms with Gasteiger partial charge in [0.2, 0.25) is 0 Å². The van der Waals surface area contributed by atoms with Crippen LogP contribution >= 0.6 is 23.5 Å². The molecule has 1 nitrogen and oxygen atoms in total. The fourth-order valence-corrected chi connectivity index (χ4v) is 4.94. The van der Waals surface area contributed by atoms with E-state index in [1.165, 1.54) is 48.4 Å². The second kappa shape index (κ2) is 5.48. The molecule has 1 aromatic carbocycles. The van der Waals surface area contributed by atoms with Gasteiger partial charge in [-0.3, -0.25) is 0 Å². The highest BCUT2D eigenvalue weighted by atomic mass is 32.2. The monoisotopic (exact) mass is 279 g/mol. The van der Waals surface area contributed by atoms with Crippen LogP contribution in [-0.2, 0) is 5.75 Å². The standard InChI is InChI=1S/C15H21NS2/c1-17-15(7-4-8-15)11-16-14-10-18-9-12-5-2-3-6-13(12)14/h2-3,5-6,14,16H,4,7-11H2,1H3. The lowest BCUT2D eigenvalue weighted by Crippen LogP contribution is -2.45. The summed E-state index contributed by atoms with van der Waals surface area (Å²) in [5, 5.41) is 3.83. The number of thioether (sulfide) groups is 2. The first-order valence-corrected chi connectivity index (χ1v) is 9.15. The van der Waals surface area contributed by atoms with Gasteiger partial charge in [0.1, 0.15) is 0 Å². The predicted molar refractivity (Wildman–Crippen MR) is 83.4 cm³/mol. The van der Waals surface area contributed by atoms with Crippen molar-refractivity contribution < 1.29 is 0 Å². The van der Waals surface area contributed by atoms with Gasteiger partial charge in [-0.05, 0) is 30.2 Å². The van der Waals surface area contributed by atoms with Crippen LogP contribution in [0.1, 0.15) is 36.4 Å². The highest BCUT2D eigenvalue weighted by molar-refractivity contribution is 8.00. The molecule has 1 unspecified atom stereocenters. The van der Waals surface area contributed by atoms with Gasteiger partial charge in [0.25, 0.3) is 0 Å². The fraction of sp³-hybridized carbons (Fsp3) is 0.600. The summed E-state index contributed by atoms with van der Waals surface area (Å²) in [5.41, 5.74) is 3.06. The Morgan fingerprint density at radius 3 is 2.94 bits per heavy atom. The Morgan fingerprint density at radius 2 is 2.22 bits per heavy atom. The van der Waals surface area contributed by atoms with Gasteiger partial charge in [0.05, 0.1) is 0 Å². The molecular formula is C15H21NS2. The minimum Gasteiger partial charge on any atom is -0.308 e. The number of hydrogen-bond acceptors (Lipinski definition) is 3. The SMILES string of the molecule is CSC1(CNC2CSCc3ccccc32)CCC1. The molecule has 1 aliphatic carbocycles. The third kappa shape index (κ3) is 2.45. The van der Waals surface area contributed by atoms with Gasteiger partial charge < -0.3 is 5.32 Å². The molecule has 18 heavy (non-hydrogen) atoms. The minimum atomic E-state index is 0.539. The highest BCUT2D eigenvalue weighted by Gasteiger charge is 2.36. The molecule has 98 valence electrons. The van der Waals surface area contributed by atoms with E-state index in [2.05, 4.69) is 59.4 Å². The van der Waals surface area contributed by atoms with Crippen LogP contribution < -0.4 is 5.32 Å². The largest absolute Gasteiger partial charge is 0.308 e. The first-order valence-electron chi connectivity index (χ1n) is 6.77. The number of rotatable bonds is 4. The van der Waals surface area contributed by atoms with Gasteiger partial charge in [0.15, 0.2) is 0 Å². The van der Waals surface area contributed by atoms with E-state index < -0.39 is 0 Å². The lowest BCUT2D eigenvalue weighted by atomic mass is 9.84. The van der Waals surface area contributed by atoms with Crippen molar-refractivity contribution >= 4 is 23.5 Å². The molecule has 1 aliphatic heterocycles. The van der Waals surface area contributed by atoms with Gasteiger partial charge in [-0.1, -0.05) is 30.7 Å². The summed E-state index contributed by atoms with van der Waals surface area (Å²) in [6, 6.07) is 9.49. The molecule has 1 N–H and O–H groups in total. The molecule has 0 saturated heterocycles. The smallest absolute Gasteiger partial charge is 0.0415 e. The van der Waals surface area contributed by atoms with E-state index >= 15 is 0 Å². The molecule has 1 aromatic rings. The molecule has 1 saturated carbocycles. The minimum absolute atomic E-state index is 0.539. The van der Waals surface area contributed by atoms with Crippen LogP contribution in [0.5, 0.6) is 0 Å². The van der Waals surface area contributed by atoms with E-state index in [1.54, 1.807) is 0 Å². The van der Waals surface area contributed by atoms with Crippen molar-refractivity contribution in [2.24, 2.45) is 0 Å². The van der Waals surface area contributed by atoms with Crippen LogP contribution in [0.3, 0.4) is 0 Å².